The average Bonchev–Trinajstić information content (AvgIpc) is 2.37. The summed E-state index contributed by atoms with van der Waals surface area (Å²) in [6, 6.07) is 7.63. The Morgan fingerprint density at radius 1 is 1.39 bits per heavy atom. The predicted molar refractivity (Wildman–Crippen MR) is 72.1 cm³/mol. The number of sulfonamides is 1. The molecule has 1 N–H and O–H groups in total. The van der Waals surface area contributed by atoms with E-state index >= 15 is 0 Å². The smallest absolute Gasteiger partial charge is 0.235 e. The summed E-state index contributed by atoms with van der Waals surface area (Å²) < 4.78 is 26.2. The summed E-state index contributed by atoms with van der Waals surface area (Å²) in [4.78, 5) is 0. The Kier molecular flexibility index (Phi) is 3.92. The highest BCUT2D eigenvalue weighted by atomic mass is 32.2. The third-order valence-electron chi connectivity index (χ3n) is 3.21. The quantitative estimate of drug-likeness (QED) is 0.899. The molecule has 4 nitrogen and oxygen atoms in total. The van der Waals surface area contributed by atoms with E-state index in [2.05, 4.69) is 0 Å². The molecule has 0 radical (unpaired) electrons. The summed E-state index contributed by atoms with van der Waals surface area (Å²) in [5.41, 5.74) is 1.89. The third-order valence-corrected chi connectivity index (χ3v) is 5.25. The highest BCUT2D eigenvalue weighted by Gasteiger charge is 2.28. The molecule has 100 valence electrons. The first-order valence-corrected chi connectivity index (χ1v) is 7.84. The summed E-state index contributed by atoms with van der Waals surface area (Å²) in [7, 11) is -3.33. The van der Waals surface area contributed by atoms with Crippen LogP contribution in [0.3, 0.4) is 0 Å². The summed E-state index contributed by atoms with van der Waals surface area (Å²) in [5.74, 6) is -0.234. The lowest BCUT2D eigenvalue weighted by atomic mass is 10.0. The number of rotatable bonds is 4. The number of aliphatic hydroxyl groups is 1. The van der Waals surface area contributed by atoms with Gasteiger partial charge >= 0.3 is 0 Å². The van der Waals surface area contributed by atoms with Gasteiger partial charge in [-0.15, -0.1) is 0 Å². The van der Waals surface area contributed by atoms with Crippen molar-refractivity contribution in [3.63, 3.8) is 0 Å². The van der Waals surface area contributed by atoms with E-state index in [0.717, 1.165) is 24.1 Å². The van der Waals surface area contributed by atoms with Gasteiger partial charge in [0.15, 0.2) is 0 Å². The Labute approximate surface area is 108 Å². The molecule has 2 rings (SSSR count). The van der Waals surface area contributed by atoms with Gasteiger partial charge in [0.25, 0.3) is 0 Å². The van der Waals surface area contributed by atoms with E-state index in [4.69, 9.17) is 5.11 Å². The molecule has 0 fully saturated rings. The fourth-order valence-corrected chi connectivity index (χ4v) is 4.18. The minimum atomic E-state index is -3.33. The fourth-order valence-electron chi connectivity index (χ4n) is 2.29. The second-order valence-electron chi connectivity index (χ2n) is 4.87. The lowest BCUT2D eigenvalue weighted by molar-refractivity contribution is 0.249. The minimum Gasteiger partial charge on any atom is -0.396 e. The zero-order chi connectivity index (χ0) is 13.2. The van der Waals surface area contributed by atoms with E-state index in [-0.39, 0.29) is 18.3 Å². The van der Waals surface area contributed by atoms with E-state index in [1.165, 1.54) is 4.31 Å². The third kappa shape index (κ3) is 2.67. The second-order valence-corrected chi connectivity index (χ2v) is 6.81. The standard InChI is InChI=1S/C13H19NO3S/c1-11(9-15)10-18(16,17)14-8-4-6-12-5-2-3-7-13(12)14/h2-3,5,7,11,15H,4,6,8-10H2,1H3. The molecule has 1 atom stereocenters. The Morgan fingerprint density at radius 3 is 2.83 bits per heavy atom. The Morgan fingerprint density at radius 2 is 2.11 bits per heavy atom. The number of aryl methyl sites for hydroxylation is 1. The van der Waals surface area contributed by atoms with Crippen LogP contribution in [0.4, 0.5) is 5.69 Å². The number of hydrogen-bond donors (Lipinski definition) is 1. The van der Waals surface area contributed by atoms with Crippen LogP contribution in [-0.4, -0.2) is 32.4 Å². The molecular formula is C13H19NO3S. The molecule has 0 saturated carbocycles. The molecular weight excluding hydrogens is 250 g/mol. The zero-order valence-corrected chi connectivity index (χ0v) is 11.4. The molecule has 1 unspecified atom stereocenters. The van der Waals surface area contributed by atoms with Crippen molar-refractivity contribution in [1.29, 1.82) is 0 Å². The van der Waals surface area contributed by atoms with Crippen LogP contribution in [0.5, 0.6) is 0 Å². The van der Waals surface area contributed by atoms with Gasteiger partial charge in [-0.2, -0.15) is 0 Å². The second kappa shape index (κ2) is 5.28. The molecule has 0 aliphatic carbocycles. The lowest BCUT2D eigenvalue weighted by Gasteiger charge is -2.31. The van der Waals surface area contributed by atoms with Crippen molar-refractivity contribution in [2.75, 3.05) is 23.2 Å². The van der Waals surface area contributed by atoms with Gasteiger partial charge in [-0.3, -0.25) is 4.31 Å². The van der Waals surface area contributed by atoms with Crippen molar-refractivity contribution < 1.29 is 13.5 Å². The summed E-state index contributed by atoms with van der Waals surface area (Å²) in [6.07, 6.45) is 1.78. The van der Waals surface area contributed by atoms with E-state index in [9.17, 15) is 8.42 Å². The maximum Gasteiger partial charge on any atom is 0.235 e. The van der Waals surface area contributed by atoms with Crippen molar-refractivity contribution in [3.05, 3.63) is 29.8 Å². The maximum absolute atomic E-state index is 12.3. The van der Waals surface area contributed by atoms with Gasteiger partial charge in [-0.05, 0) is 30.4 Å². The molecule has 0 amide bonds. The molecule has 0 spiro atoms. The number of benzene rings is 1. The Hall–Kier alpha value is -1.07. The van der Waals surface area contributed by atoms with Gasteiger partial charge in [-0.25, -0.2) is 8.42 Å². The van der Waals surface area contributed by atoms with Crippen LogP contribution in [0.1, 0.15) is 18.9 Å². The van der Waals surface area contributed by atoms with E-state index < -0.39 is 10.0 Å². The summed E-state index contributed by atoms with van der Waals surface area (Å²) in [5, 5.41) is 9.01. The molecule has 0 bridgehead atoms. The molecule has 1 aromatic carbocycles. The minimum absolute atomic E-state index is 0.00215. The van der Waals surface area contributed by atoms with E-state index in [0.29, 0.717) is 6.54 Å². The van der Waals surface area contributed by atoms with Crippen LogP contribution in [0.2, 0.25) is 0 Å². The van der Waals surface area contributed by atoms with Crippen LogP contribution in [0.15, 0.2) is 24.3 Å². The zero-order valence-electron chi connectivity index (χ0n) is 10.5. The molecule has 18 heavy (non-hydrogen) atoms. The largest absolute Gasteiger partial charge is 0.396 e. The molecule has 1 aliphatic heterocycles. The first-order valence-electron chi connectivity index (χ1n) is 6.24. The topological polar surface area (TPSA) is 57.6 Å². The highest BCUT2D eigenvalue weighted by molar-refractivity contribution is 7.92. The maximum atomic E-state index is 12.3. The van der Waals surface area contributed by atoms with Crippen molar-refractivity contribution in [2.24, 2.45) is 5.92 Å². The molecule has 5 heteroatoms. The lowest BCUT2D eigenvalue weighted by Crippen LogP contribution is -2.38. The average molecular weight is 269 g/mol. The molecule has 0 aromatic heterocycles. The van der Waals surface area contributed by atoms with Crippen molar-refractivity contribution in [2.45, 2.75) is 19.8 Å². The number of aliphatic hydroxyl groups excluding tert-OH is 1. The number of hydrogen-bond acceptors (Lipinski definition) is 3. The number of fused-ring (bicyclic) bond motifs is 1. The van der Waals surface area contributed by atoms with Gasteiger partial charge in [0.2, 0.25) is 10.0 Å². The van der Waals surface area contributed by atoms with Gasteiger partial charge in [0.1, 0.15) is 0 Å². The highest BCUT2D eigenvalue weighted by Crippen LogP contribution is 2.29. The number of anilines is 1. The van der Waals surface area contributed by atoms with Gasteiger partial charge in [-0.1, -0.05) is 25.1 Å². The van der Waals surface area contributed by atoms with Crippen LogP contribution in [-0.2, 0) is 16.4 Å². The van der Waals surface area contributed by atoms with Gasteiger partial charge in [0, 0.05) is 13.2 Å². The van der Waals surface area contributed by atoms with Crippen LogP contribution >= 0.6 is 0 Å². The first-order chi connectivity index (χ1) is 8.54. The van der Waals surface area contributed by atoms with Crippen molar-refractivity contribution in [3.8, 4) is 0 Å². The van der Waals surface area contributed by atoms with Crippen LogP contribution in [0, 0.1) is 5.92 Å². The van der Waals surface area contributed by atoms with Crippen molar-refractivity contribution in [1.82, 2.24) is 0 Å². The van der Waals surface area contributed by atoms with E-state index in [1.54, 1.807) is 6.92 Å². The van der Waals surface area contributed by atoms with Crippen LogP contribution in [0.25, 0.3) is 0 Å². The molecule has 1 heterocycles. The monoisotopic (exact) mass is 269 g/mol. The van der Waals surface area contributed by atoms with Gasteiger partial charge in [0.05, 0.1) is 11.4 Å². The normalized spacial score (nSPS) is 17.3. The van der Waals surface area contributed by atoms with E-state index in [1.807, 2.05) is 24.3 Å². The molecule has 0 saturated heterocycles. The summed E-state index contributed by atoms with van der Waals surface area (Å²) in [6.45, 7) is 2.18. The van der Waals surface area contributed by atoms with Crippen molar-refractivity contribution >= 4 is 15.7 Å². The Bertz CT molecular complexity index is 513. The van der Waals surface area contributed by atoms with Gasteiger partial charge < -0.3 is 5.11 Å². The van der Waals surface area contributed by atoms with Crippen LogP contribution < -0.4 is 4.31 Å². The number of para-hydroxylation sites is 1. The molecule has 1 aliphatic rings. The summed E-state index contributed by atoms with van der Waals surface area (Å²) >= 11 is 0. The fraction of sp³-hybridized carbons (Fsp3) is 0.538. The number of nitrogens with zero attached hydrogens (tertiary/aromatic N) is 1. The SMILES string of the molecule is CC(CO)CS(=O)(=O)N1CCCc2ccccc21. The Balaban J connectivity index is 2.30. The molecule has 1 aromatic rings. The predicted octanol–water partition coefficient (Wildman–Crippen LogP) is 1.40. The first kappa shape index (κ1) is 13.4.